The van der Waals surface area contributed by atoms with Gasteiger partial charge in [0.05, 0.1) is 10.7 Å². The molecule has 3 rings (SSSR count). The first-order chi connectivity index (χ1) is 10.2. The van der Waals surface area contributed by atoms with Crippen molar-refractivity contribution in [2.75, 3.05) is 10.6 Å². The number of hydrogen-bond donors (Lipinski definition) is 2. The van der Waals surface area contributed by atoms with Gasteiger partial charge in [-0.1, -0.05) is 36.0 Å². The van der Waals surface area contributed by atoms with Gasteiger partial charge in [-0.3, -0.25) is 0 Å². The zero-order chi connectivity index (χ0) is 14.7. The maximum atomic E-state index is 6.13. The summed E-state index contributed by atoms with van der Waals surface area (Å²) in [5, 5.41) is 7.74. The molecule has 0 aliphatic heterocycles. The molecule has 1 saturated carbocycles. The Morgan fingerprint density at radius 3 is 2.71 bits per heavy atom. The number of benzene rings is 1. The number of halogens is 2. The minimum Gasteiger partial charge on any atom is -0.367 e. The van der Waals surface area contributed by atoms with E-state index in [9.17, 15) is 0 Å². The summed E-state index contributed by atoms with van der Waals surface area (Å²) in [5.41, 5.74) is 0.696. The number of rotatable bonds is 4. The van der Waals surface area contributed by atoms with Crippen LogP contribution in [0.4, 0.5) is 17.5 Å². The molecule has 0 unspecified atom stereocenters. The zero-order valence-electron chi connectivity index (χ0n) is 11.4. The molecule has 0 atom stereocenters. The van der Waals surface area contributed by atoms with Gasteiger partial charge in [0.1, 0.15) is 5.82 Å². The molecule has 4 nitrogen and oxygen atoms in total. The molecule has 0 spiro atoms. The summed E-state index contributed by atoms with van der Waals surface area (Å²) >= 11 is 12.1. The van der Waals surface area contributed by atoms with Crippen LogP contribution >= 0.6 is 23.2 Å². The van der Waals surface area contributed by atoms with Crippen LogP contribution in [0.2, 0.25) is 10.0 Å². The third-order valence-corrected chi connectivity index (χ3v) is 4.10. The Morgan fingerprint density at radius 1 is 1.10 bits per heavy atom. The molecule has 0 amide bonds. The summed E-state index contributed by atoms with van der Waals surface area (Å²) in [7, 11) is 0. The van der Waals surface area contributed by atoms with E-state index in [4.69, 9.17) is 23.2 Å². The molecule has 0 bridgehead atoms. The number of nitrogens with one attached hydrogen (secondary N) is 2. The van der Waals surface area contributed by atoms with Crippen LogP contribution in [0.15, 0.2) is 30.5 Å². The minimum atomic E-state index is 0.502. The average molecular weight is 323 g/mol. The van der Waals surface area contributed by atoms with Crippen LogP contribution in [0.25, 0.3) is 0 Å². The SMILES string of the molecule is Clc1ccc(Cl)c(Nc2nccc(NC3CCCC3)n2)c1. The van der Waals surface area contributed by atoms with Crippen molar-refractivity contribution in [3.8, 4) is 0 Å². The Bertz CT molecular complexity index is 627. The lowest BCUT2D eigenvalue weighted by Crippen LogP contribution is -2.15. The standard InChI is InChI=1S/C15H16Cl2N4/c16-10-5-6-12(17)13(9-10)20-15-18-8-7-14(21-15)19-11-3-1-2-4-11/h5-9,11H,1-4H2,(H2,18,19,20,21). The molecule has 1 aliphatic carbocycles. The molecule has 6 heteroatoms. The second kappa shape index (κ2) is 6.50. The molecule has 1 aromatic heterocycles. The molecule has 2 N–H and O–H groups in total. The highest BCUT2D eigenvalue weighted by molar-refractivity contribution is 6.35. The first-order valence-corrected chi connectivity index (χ1v) is 7.78. The number of nitrogens with zero attached hydrogens (tertiary/aromatic N) is 2. The van der Waals surface area contributed by atoms with E-state index in [2.05, 4.69) is 20.6 Å². The van der Waals surface area contributed by atoms with E-state index in [1.165, 1.54) is 25.7 Å². The fourth-order valence-electron chi connectivity index (χ4n) is 2.49. The molecule has 1 fully saturated rings. The summed E-state index contributed by atoms with van der Waals surface area (Å²) in [5.74, 6) is 1.33. The zero-order valence-corrected chi connectivity index (χ0v) is 13.0. The van der Waals surface area contributed by atoms with Crippen LogP contribution in [0, 0.1) is 0 Å². The predicted molar refractivity (Wildman–Crippen MR) is 87.7 cm³/mol. The quantitative estimate of drug-likeness (QED) is 0.842. The lowest BCUT2D eigenvalue weighted by molar-refractivity contribution is 0.750. The Hall–Kier alpha value is -1.52. The van der Waals surface area contributed by atoms with Crippen molar-refractivity contribution in [2.24, 2.45) is 0 Å². The normalized spacial score (nSPS) is 15.1. The van der Waals surface area contributed by atoms with E-state index in [1.54, 1.807) is 24.4 Å². The predicted octanol–water partition coefficient (Wildman–Crippen LogP) is 4.88. The van der Waals surface area contributed by atoms with Crippen LogP contribution in [-0.4, -0.2) is 16.0 Å². The van der Waals surface area contributed by atoms with Crippen LogP contribution in [-0.2, 0) is 0 Å². The summed E-state index contributed by atoms with van der Waals surface area (Å²) < 4.78 is 0. The van der Waals surface area contributed by atoms with Gasteiger partial charge in [0.2, 0.25) is 5.95 Å². The first-order valence-electron chi connectivity index (χ1n) is 7.02. The van der Waals surface area contributed by atoms with Gasteiger partial charge in [-0.15, -0.1) is 0 Å². The minimum absolute atomic E-state index is 0.502. The summed E-state index contributed by atoms with van der Waals surface area (Å²) in [6.07, 6.45) is 6.70. The highest BCUT2D eigenvalue weighted by Gasteiger charge is 2.15. The number of aromatic nitrogens is 2. The molecule has 0 saturated heterocycles. The molecular weight excluding hydrogens is 307 g/mol. The van der Waals surface area contributed by atoms with Gasteiger partial charge in [0.25, 0.3) is 0 Å². The Balaban J connectivity index is 1.74. The first kappa shape index (κ1) is 14.4. The molecule has 1 aliphatic rings. The second-order valence-corrected chi connectivity index (χ2v) is 5.98. The van der Waals surface area contributed by atoms with Gasteiger partial charge in [-0.2, -0.15) is 4.98 Å². The number of hydrogen-bond acceptors (Lipinski definition) is 4. The third kappa shape index (κ3) is 3.77. The largest absolute Gasteiger partial charge is 0.367 e. The summed E-state index contributed by atoms with van der Waals surface area (Å²) in [6.45, 7) is 0. The van der Waals surface area contributed by atoms with E-state index >= 15 is 0 Å². The fourth-order valence-corrected chi connectivity index (χ4v) is 2.83. The lowest BCUT2D eigenvalue weighted by atomic mass is 10.2. The van der Waals surface area contributed by atoms with Gasteiger partial charge in [0.15, 0.2) is 0 Å². The van der Waals surface area contributed by atoms with Gasteiger partial charge >= 0.3 is 0 Å². The van der Waals surface area contributed by atoms with Crippen molar-refractivity contribution in [1.29, 1.82) is 0 Å². The molecule has 110 valence electrons. The Morgan fingerprint density at radius 2 is 1.90 bits per heavy atom. The second-order valence-electron chi connectivity index (χ2n) is 5.14. The van der Waals surface area contributed by atoms with Crippen molar-refractivity contribution >= 4 is 40.7 Å². The van der Waals surface area contributed by atoms with E-state index < -0.39 is 0 Å². The average Bonchev–Trinajstić information content (AvgIpc) is 2.96. The van der Waals surface area contributed by atoms with Crippen LogP contribution < -0.4 is 10.6 Å². The third-order valence-electron chi connectivity index (χ3n) is 3.54. The van der Waals surface area contributed by atoms with Crippen LogP contribution in [0.1, 0.15) is 25.7 Å². The molecule has 21 heavy (non-hydrogen) atoms. The fraction of sp³-hybridized carbons (Fsp3) is 0.333. The smallest absolute Gasteiger partial charge is 0.229 e. The van der Waals surface area contributed by atoms with Crippen molar-refractivity contribution in [3.05, 3.63) is 40.5 Å². The Kier molecular flexibility index (Phi) is 4.46. The van der Waals surface area contributed by atoms with E-state index in [-0.39, 0.29) is 0 Å². The molecule has 0 radical (unpaired) electrons. The molecular formula is C15H16Cl2N4. The van der Waals surface area contributed by atoms with Crippen molar-refractivity contribution < 1.29 is 0 Å². The van der Waals surface area contributed by atoms with Gasteiger partial charge in [-0.25, -0.2) is 4.98 Å². The number of anilines is 3. The summed E-state index contributed by atoms with van der Waals surface area (Å²) in [6, 6.07) is 7.64. The summed E-state index contributed by atoms with van der Waals surface area (Å²) in [4.78, 5) is 8.68. The van der Waals surface area contributed by atoms with Gasteiger partial charge in [0, 0.05) is 17.3 Å². The van der Waals surface area contributed by atoms with Crippen molar-refractivity contribution in [2.45, 2.75) is 31.7 Å². The van der Waals surface area contributed by atoms with E-state index in [0.717, 1.165) is 5.82 Å². The van der Waals surface area contributed by atoms with Gasteiger partial charge in [-0.05, 0) is 37.1 Å². The van der Waals surface area contributed by atoms with E-state index in [1.807, 2.05) is 6.07 Å². The topological polar surface area (TPSA) is 49.8 Å². The molecule has 2 aromatic rings. The maximum Gasteiger partial charge on any atom is 0.229 e. The van der Waals surface area contributed by atoms with Crippen molar-refractivity contribution in [1.82, 2.24) is 9.97 Å². The maximum absolute atomic E-state index is 6.13. The van der Waals surface area contributed by atoms with E-state index in [0.29, 0.717) is 27.7 Å². The highest BCUT2D eigenvalue weighted by atomic mass is 35.5. The highest BCUT2D eigenvalue weighted by Crippen LogP contribution is 2.28. The van der Waals surface area contributed by atoms with Crippen molar-refractivity contribution in [3.63, 3.8) is 0 Å². The monoisotopic (exact) mass is 322 g/mol. The molecule has 1 heterocycles. The van der Waals surface area contributed by atoms with Crippen LogP contribution in [0.3, 0.4) is 0 Å². The van der Waals surface area contributed by atoms with Gasteiger partial charge < -0.3 is 10.6 Å². The lowest BCUT2D eigenvalue weighted by Gasteiger charge is -2.13. The van der Waals surface area contributed by atoms with Crippen LogP contribution in [0.5, 0.6) is 0 Å². The molecule has 1 aromatic carbocycles. The Labute approximate surface area is 133 Å².